The molecule has 1 aliphatic rings. The van der Waals surface area contributed by atoms with E-state index in [-0.39, 0.29) is 16.5 Å². The van der Waals surface area contributed by atoms with Gasteiger partial charge in [0.2, 0.25) is 9.84 Å². The maximum Gasteiger partial charge on any atom is 0.335 e. The number of primary amides is 1. The second kappa shape index (κ2) is 6.26. The summed E-state index contributed by atoms with van der Waals surface area (Å²) in [4.78, 5) is 11.5. The van der Waals surface area contributed by atoms with Crippen molar-refractivity contribution in [2.24, 2.45) is 10.8 Å². The van der Waals surface area contributed by atoms with Crippen molar-refractivity contribution in [3.8, 4) is 0 Å². The van der Waals surface area contributed by atoms with Crippen LogP contribution < -0.4 is 5.73 Å². The third kappa shape index (κ3) is 3.00. The zero-order chi connectivity index (χ0) is 17.3. The van der Waals surface area contributed by atoms with E-state index in [0.29, 0.717) is 5.02 Å². The summed E-state index contributed by atoms with van der Waals surface area (Å²) in [5.74, 6) is -0.570. The molecule has 2 aromatic carbocycles. The van der Waals surface area contributed by atoms with Gasteiger partial charge in [0.1, 0.15) is 0 Å². The number of nitrogens with two attached hydrogens (primary N) is 1. The van der Waals surface area contributed by atoms with Gasteiger partial charge < -0.3 is 5.73 Å². The van der Waals surface area contributed by atoms with E-state index in [1.165, 1.54) is 24.3 Å². The topological polar surface area (TPSA) is 92.8 Å². The van der Waals surface area contributed by atoms with Gasteiger partial charge in [-0.05, 0) is 29.8 Å². The first kappa shape index (κ1) is 16.5. The summed E-state index contributed by atoms with van der Waals surface area (Å²) in [7, 11) is -3.88. The number of amides is 2. The van der Waals surface area contributed by atoms with Crippen molar-refractivity contribution in [2.75, 3.05) is 6.54 Å². The van der Waals surface area contributed by atoms with Crippen LogP contribution in [0.1, 0.15) is 11.5 Å². The number of hydrogen-bond acceptors (Lipinski definition) is 4. The van der Waals surface area contributed by atoms with E-state index in [1.54, 1.807) is 24.3 Å². The van der Waals surface area contributed by atoms with Gasteiger partial charge >= 0.3 is 6.03 Å². The van der Waals surface area contributed by atoms with Crippen molar-refractivity contribution in [2.45, 2.75) is 10.8 Å². The Morgan fingerprint density at radius 2 is 1.75 bits per heavy atom. The van der Waals surface area contributed by atoms with Crippen LogP contribution in [0, 0.1) is 0 Å². The van der Waals surface area contributed by atoms with Crippen LogP contribution in [-0.2, 0) is 9.84 Å². The lowest BCUT2D eigenvalue weighted by molar-refractivity contribution is 0.214. The quantitative estimate of drug-likeness (QED) is 0.888. The minimum atomic E-state index is -3.88. The maximum absolute atomic E-state index is 12.9. The van der Waals surface area contributed by atoms with Gasteiger partial charge in [0, 0.05) is 5.02 Å². The van der Waals surface area contributed by atoms with Crippen LogP contribution in [0.15, 0.2) is 64.6 Å². The zero-order valence-corrected chi connectivity index (χ0v) is 14.0. The summed E-state index contributed by atoms with van der Waals surface area (Å²) in [5, 5.41) is 5.27. The lowest BCUT2D eigenvalue weighted by Gasteiger charge is -2.14. The SMILES string of the molecule is NC(=O)N1CC(c2ccccc2)C(S(=O)(=O)c2ccc(Cl)cc2)=N1. The first-order chi connectivity index (χ1) is 11.4. The molecule has 2 aromatic rings. The Bertz CT molecular complexity index is 896. The maximum atomic E-state index is 12.9. The second-order valence-corrected chi connectivity index (χ2v) is 7.61. The van der Waals surface area contributed by atoms with Crippen molar-refractivity contribution in [3.05, 3.63) is 65.2 Å². The van der Waals surface area contributed by atoms with Gasteiger partial charge in [0.15, 0.2) is 5.04 Å². The van der Waals surface area contributed by atoms with Gasteiger partial charge in [0.25, 0.3) is 0 Å². The smallest absolute Gasteiger partial charge is 0.335 e. The fourth-order valence-corrected chi connectivity index (χ4v) is 4.18. The molecule has 0 aromatic heterocycles. The Labute approximate surface area is 144 Å². The van der Waals surface area contributed by atoms with Crippen LogP contribution in [0.2, 0.25) is 5.02 Å². The Balaban J connectivity index is 2.08. The van der Waals surface area contributed by atoms with Gasteiger partial charge in [-0.1, -0.05) is 41.9 Å². The highest BCUT2D eigenvalue weighted by Crippen LogP contribution is 2.31. The third-order valence-corrected chi connectivity index (χ3v) is 5.79. The molecule has 1 heterocycles. The van der Waals surface area contributed by atoms with Gasteiger partial charge in [-0.3, -0.25) is 0 Å². The molecule has 0 saturated carbocycles. The molecule has 0 aliphatic carbocycles. The lowest BCUT2D eigenvalue weighted by atomic mass is 10.0. The number of carbonyl (C=O) groups excluding carboxylic acids is 1. The molecule has 0 spiro atoms. The molecule has 6 nitrogen and oxygen atoms in total. The molecule has 8 heteroatoms. The van der Waals surface area contributed by atoms with Crippen molar-refractivity contribution >= 4 is 32.5 Å². The lowest BCUT2D eigenvalue weighted by Crippen LogP contribution is -2.30. The number of benzene rings is 2. The van der Waals surface area contributed by atoms with E-state index < -0.39 is 21.8 Å². The van der Waals surface area contributed by atoms with Crippen molar-refractivity contribution in [1.82, 2.24) is 5.01 Å². The minimum absolute atomic E-state index is 0.0675. The Hall–Kier alpha value is -2.38. The van der Waals surface area contributed by atoms with Crippen molar-refractivity contribution in [1.29, 1.82) is 0 Å². The molecule has 24 heavy (non-hydrogen) atoms. The molecule has 1 unspecified atom stereocenters. The number of sulfone groups is 1. The Morgan fingerprint density at radius 1 is 1.12 bits per heavy atom. The summed E-state index contributed by atoms with van der Waals surface area (Å²) in [6.07, 6.45) is 0. The molecule has 1 aliphatic heterocycles. The van der Waals surface area contributed by atoms with Crippen LogP contribution in [0.3, 0.4) is 0 Å². The van der Waals surface area contributed by atoms with Gasteiger partial charge in [0.05, 0.1) is 17.4 Å². The van der Waals surface area contributed by atoms with Crippen LogP contribution in [0.25, 0.3) is 0 Å². The van der Waals surface area contributed by atoms with E-state index >= 15 is 0 Å². The highest BCUT2D eigenvalue weighted by Gasteiger charge is 2.39. The Morgan fingerprint density at radius 3 is 2.33 bits per heavy atom. The van der Waals surface area contributed by atoms with Gasteiger partial charge in [-0.15, -0.1) is 0 Å². The molecule has 2 N–H and O–H groups in total. The number of carbonyl (C=O) groups is 1. The number of halogens is 1. The second-order valence-electron chi connectivity index (χ2n) is 5.28. The predicted octanol–water partition coefficient (Wildman–Crippen LogP) is 2.61. The number of hydrogen-bond donors (Lipinski definition) is 1. The summed E-state index contributed by atoms with van der Waals surface area (Å²) in [6.45, 7) is 0.0848. The van der Waals surface area contributed by atoms with Crippen molar-refractivity contribution in [3.63, 3.8) is 0 Å². The fraction of sp³-hybridized carbons (Fsp3) is 0.125. The molecular formula is C16H14ClN3O3S. The largest absolute Gasteiger partial charge is 0.350 e. The monoisotopic (exact) mass is 363 g/mol. The normalized spacial score (nSPS) is 17.6. The van der Waals surface area contributed by atoms with Crippen molar-refractivity contribution < 1.29 is 13.2 Å². The molecule has 0 bridgehead atoms. The van der Waals surface area contributed by atoms with Crippen LogP contribution in [-0.4, -0.2) is 31.0 Å². The molecule has 0 fully saturated rings. The number of urea groups is 1. The predicted molar refractivity (Wildman–Crippen MR) is 91.5 cm³/mol. The summed E-state index contributed by atoms with van der Waals surface area (Å²) in [6, 6.07) is 14.0. The number of rotatable bonds is 2. The molecule has 1 atom stereocenters. The molecule has 2 amide bonds. The van der Waals surface area contributed by atoms with Crippen LogP contribution >= 0.6 is 11.6 Å². The van der Waals surface area contributed by atoms with Crippen LogP contribution in [0.4, 0.5) is 4.79 Å². The average Bonchev–Trinajstić information content (AvgIpc) is 3.02. The molecule has 124 valence electrons. The average molecular weight is 364 g/mol. The molecule has 0 radical (unpaired) electrons. The highest BCUT2D eigenvalue weighted by atomic mass is 35.5. The number of nitrogens with zero attached hydrogens (tertiary/aromatic N) is 2. The molecule has 0 saturated heterocycles. The number of hydrazone groups is 1. The van der Waals surface area contributed by atoms with Gasteiger partial charge in [-0.2, -0.15) is 5.10 Å². The first-order valence-corrected chi connectivity index (χ1v) is 8.97. The summed E-state index contributed by atoms with van der Waals surface area (Å²) >= 11 is 5.82. The Kier molecular flexibility index (Phi) is 4.29. The molecule has 3 rings (SSSR count). The zero-order valence-electron chi connectivity index (χ0n) is 12.5. The summed E-state index contributed by atoms with van der Waals surface area (Å²) in [5.41, 5.74) is 6.02. The fourth-order valence-electron chi connectivity index (χ4n) is 2.53. The molecular weight excluding hydrogens is 350 g/mol. The van der Waals surface area contributed by atoms with E-state index in [2.05, 4.69) is 5.10 Å². The third-order valence-electron chi connectivity index (χ3n) is 3.73. The highest BCUT2D eigenvalue weighted by molar-refractivity contribution is 8.06. The standard InChI is InChI=1S/C16H14ClN3O3S/c17-12-6-8-13(9-7-12)24(22,23)15-14(10-20(19-15)16(18)21)11-4-2-1-3-5-11/h1-9,14H,10H2,(H2,18,21). The van der Waals surface area contributed by atoms with E-state index in [9.17, 15) is 13.2 Å². The van der Waals surface area contributed by atoms with Gasteiger partial charge in [-0.25, -0.2) is 18.2 Å². The van der Waals surface area contributed by atoms with E-state index in [0.717, 1.165) is 10.6 Å². The van der Waals surface area contributed by atoms with E-state index in [4.69, 9.17) is 17.3 Å². The minimum Gasteiger partial charge on any atom is -0.350 e. The van der Waals surface area contributed by atoms with E-state index in [1.807, 2.05) is 6.07 Å². The first-order valence-electron chi connectivity index (χ1n) is 7.10. The van der Waals surface area contributed by atoms with Crippen LogP contribution in [0.5, 0.6) is 0 Å². The summed E-state index contributed by atoms with van der Waals surface area (Å²) < 4.78 is 25.9.